The minimum atomic E-state index is -0.276. The Kier molecular flexibility index (Phi) is 6.61. The fourth-order valence-corrected chi connectivity index (χ4v) is 1.56. The standard InChI is InChI=1S/C11H20ClNO2/c1-6-15-11(14)9(4)7-10(8(2)3)13(5)12/h7-8,10H,6H2,1-5H3/b9-7+/t10-/m1/s1. The van der Waals surface area contributed by atoms with Gasteiger partial charge in [-0.1, -0.05) is 19.9 Å². The van der Waals surface area contributed by atoms with Gasteiger partial charge in [0.25, 0.3) is 0 Å². The molecule has 0 bridgehead atoms. The summed E-state index contributed by atoms with van der Waals surface area (Å²) in [6.45, 7) is 8.04. The fourth-order valence-electron chi connectivity index (χ4n) is 1.28. The molecule has 15 heavy (non-hydrogen) atoms. The van der Waals surface area contributed by atoms with Gasteiger partial charge in [0.1, 0.15) is 0 Å². The monoisotopic (exact) mass is 233 g/mol. The molecule has 0 aromatic carbocycles. The highest BCUT2D eigenvalue weighted by Crippen LogP contribution is 2.15. The van der Waals surface area contributed by atoms with Crippen molar-refractivity contribution >= 4 is 17.7 Å². The van der Waals surface area contributed by atoms with Crippen LogP contribution in [0.1, 0.15) is 27.7 Å². The number of rotatable bonds is 5. The number of carbonyl (C=O) groups excluding carboxylic acids is 1. The molecule has 0 fully saturated rings. The molecule has 1 atom stereocenters. The zero-order valence-electron chi connectivity index (χ0n) is 10.1. The molecule has 88 valence electrons. The van der Waals surface area contributed by atoms with E-state index in [1.54, 1.807) is 25.3 Å². The summed E-state index contributed by atoms with van der Waals surface area (Å²) in [4.78, 5) is 11.4. The van der Waals surface area contributed by atoms with E-state index in [1.807, 2.05) is 6.08 Å². The van der Waals surface area contributed by atoms with Crippen LogP contribution in [0.15, 0.2) is 11.6 Å². The summed E-state index contributed by atoms with van der Waals surface area (Å²) in [5.41, 5.74) is 0.600. The third-order valence-corrected chi connectivity index (χ3v) is 2.34. The van der Waals surface area contributed by atoms with Gasteiger partial charge in [-0.3, -0.25) is 0 Å². The van der Waals surface area contributed by atoms with Crippen LogP contribution in [-0.2, 0) is 9.53 Å². The molecule has 0 spiro atoms. The number of hydrogen-bond acceptors (Lipinski definition) is 3. The molecule has 0 unspecified atom stereocenters. The third-order valence-electron chi connectivity index (χ3n) is 2.11. The summed E-state index contributed by atoms with van der Waals surface area (Å²) >= 11 is 5.90. The molecule has 0 aliphatic carbocycles. The lowest BCUT2D eigenvalue weighted by Crippen LogP contribution is -2.27. The number of hydrogen-bond donors (Lipinski definition) is 0. The normalized spacial score (nSPS) is 14.5. The molecule has 0 radical (unpaired) electrons. The molecule has 0 saturated carbocycles. The predicted molar refractivity (Wildman–Crippen MR) is 62.6 cm³/mol. The van der Waals surface area contributed by atoms with Crippen LogP contribution < -0.4 is 0 Å². The largest absolute Gasteiger partial charge is 0.463 e. The average molecular weight is 234 g/mol. The van der Waals surface area contributed by atoms with Gasteiger partial charge in [0.05, 0.1) is 6.61 Å². The van der Waals surface area contributed by atoms with Crippen molar-refractivity contribution in [1.82, 2.24) is 4.42 Å². The molecular weight excluding hydrogens is 214 g/mol. The minimum absolute atomic E-state index is 0.0380. The van der Waals surface area contributed by atoms with E-state index in [0.29, 0.717) is 18.1 Å². The number of esters is 1. The number of halogens is 1. The molecule has 0 N–H and O–H groups in total. The Labute approximate surface area is 97.1 Å². The van der Waals surface area contributed by atoms with Gasteiger partial charge in [0, 0.05) is 18.7 Å². The molecule has 0 amide bonds. The van der Waals surface area contributed by atoms with E-state index >= 15 is 0 Å². The maximum atomic E-state index is 11.4. The van der Waals surface area contributed by atoms with E-state index in [2.05, 4.69) is 13.8 Å². The summed E-state index contributed by atoms with van der Waals surface area (Å²) in [7, 11) is 1.78. The van der Waals surface area contributed by atoms with E-state index in [1.165, 1.54) is 0 Å². The van der Waals surface area contributed by atoms with Crippen LogP contribution in [0.2, 0.25) is 0 Å². The zero-order valence-corrected chi connectivity index (χ0v) is 10.8. The number of likely N-dealkylation sites (N-methyl/N-ethyl adjacent to an activating group) is 1. The Morgan fingerprint density at radius 1 is 1.53 bits per heavy atom. The van der Waals surface area contributed by atoms with Gasteiger partial charge in [-0.2, -0.15) is 0 Å². The molecule has 4 heteroatoms. The predicted octanol–water partition coefficient (Wildman–Crippen LogP) is 2.61. The van der Waals surface area contributed by atoms with Crippen molar-refractivity contribution in [2.24, 2.45) is 5.92 Å². The van der Waals surface area contributed by atoms with Gasteiger partial charge >= 0.3 is 5.97 Å². The summed E-state index contributed by atoms with van der Waals surface area (Å²) < 4.78 is 6.47. The van der Waals surface area contributed by atoms with Crippen LogP contribution in [0.3, 0.4) is 0 Å². The van der Waals surface area contributed by atoms with Crippen LogP contribution in [0.4, 0.5) is 0 Å². The first-order valence-electron chi connectivity index (χ1n) is 5.14. The smallest absolute Gasteiger partial charge is 0.333 e. The molecule has 0 aliphatic rings. The van der Waals surface area contributed by atoms with Crippen LogP contribution >= 0.6 is 11.8 Å². The minimum Gasteiger partial charge on any atom is -0.463 e. The fraction of sp³-hybridized carbons (Fsp3) is 0.727. The highest BCUT2D eigenvalue weighted by molar-refractivity contribution is 6.13. The first kappa shape index (κ1) is 14.5. The van der Waals surface area contributed by atoms with Crippen molar-refractivity contribution in [1.29, 1.82) is 0 Å². The Morgan fingerprint density at radius 3 is 2.40 bits per heavy atom. The van der Waals surface area contributed by atoms with E-state index < -0.39 is 0 Å². The third kappa shape index (κ3) is 5.19. The van der Waals surface area contributed by atoms with Crippen LogP contribution in [0.5, 0.6) is 0 Å². The van der Waals surface area contributed by atoms with Crippen molar-refractivity contribution in [3.8, 4) is 0 Å². The van der Waals surface area contributed by atoms with Crippen LogP contribution in [0, 0.1) is 5.92 Å². The van der Waals surface area contributed by atoms with Crippen molar-refractivity contribution in [2.75, 3.05) is 13.7 Å². The summed E-state index contributed by atoms with van der Waals surface area (Å²) in [6, 6.07) is 0.0380. The summed E-state index contributed by atoms with van der Waals surface area (Å²) in [5, 5.41) is 0. The second-order valence-corrected chi connectivity index (χ2v) is 4.36. The van der Waals surface area contributed by atoms with Crippen LogP contribution in [0.25, 0.3) is 0 Å². The molecule has 0 aromatic heterocycles. The van der Waals surface area contributed by atoms with E-state index in [4.69, 9.17) is 16.5 Å². The lowest BCUT2D eigenvalue weighted by Gasteiger charge is -2.22. The SMILES string of the molecule is CCOC(=O)/C(C)=C/[C@H](C(C)C)N(C)Cl. The maximum Gasteiger partial charge on any atom is 0.333 e. The van der Waals surface area contributed by atoms with Gasteiger partial charge in [-0.15, -0.1) is 0 Å². The summed E-state index contributed by atoms with van der Waals surface area (Å²) in [6.07, 6.45) is 1.84. The number of nitrogens with zero attached hydrogens (tertiary/aromatic N) is 1. The topological polar surface area (TPSA) is 29.5 Å². The molecule has 0 aliphatic heterocycles. The van der Waals surface area contributed by atoms with Crippen molar-refractivity contribution in [3.63, 3.8) is 0 Å². The Morgan fingerprint density at radius 2 is 2.07 bits per heavy atom. The molecule has 0 aromatic rings. The molecule has 0 heterocycles. The number of ether oxygens (including phenoxy) is 1. The van der Waals surface area contributed by atoms with Crippen LogP contribution in [-0.4, -0.2) is 30.1 Å². The van der Waals surface area contributed by atoms with Crippen molar-refractivity contribution in [2.45, 2.75) is 33.7 Å². The highest BCUT2D eigenvalue weighted by Gasteiger charge is 2.16. The Bertz CT molecular complexity index is 229. The Balaban J connectivity index is 4.60. The molecular formula is C11H20ClNO2. The highest BCUT2D eigenvalue weighted by atomic mass is 35.5. The second-order valence-electron chi connectivity index (χ2n) is 3.83. The van der Waals surface area contributed by atoms with Gasteiger partial charge in [0.15, 0.2) is 0 Å². The van der Waals surface area contributed by atoms with E-state index in [9.17, 15) is 4.79 Å². The zero-order chi connectivity index (χ0) is 12.0. The lowest BCUT2D eigenvalue weighted by atomic mass is 10.0. The lowest BCUT2D eigenvalue weighted by molar-refractivity contribution is -0.138. The van der Waals surface area contributed by atoms with Gasteiger partial charge in [0.2, 0.25) is 0 Å². The van der Waals surface area contributed by atoms with E-state index in [-0.39, 0.29) is 12.0 Å². The van der Waals surface area contributed by atoms with Crippen molar-refractivity contribution < 1.29 is 9.53 Å². The first-order chi connectivity index (χ1) is 6.90. The van der Waals surface area contributed by atoms with Gasteiger partial charge < -0.3 is 4.74 Å². The molecule has 0 saturated heterocycles. The summed E-state index contributed by atoms with van der Waals surface area (Å²) in [5.74, 6) is 0.0681. The maximum absolute atomic E-state index is 11.4. The molecule has 0 rings (SSSR count). The average Bonchev–Trinajstić information content (AvgIpc) is 2.12. The quantitative estimate of drug-likeness (QED) is 0.415. The molecule has 3 nitrogen and oxygen atoms in total. The van der Waals surface area contributed by atoms with Gasteiger partial charge in [-0.05, 0) is 31.5 Å². The Hall–Kier alpha value is -0.540. The van der Waals surface area contributed by atoms with Gasteiger partial charge in [-0.25, -0.2) is 9.21 Å². The van der Waals surface area contributed by atoms with E-state index in [0.717, 1.165) is 0 Å². The number of carbonyl (C=O) groups is 1. The first-order valence-corrected chi connectivity index (χ1v) is 5.48. The van der Waals surface area contributed by atoms with Crippen molar-refractivity contribution in [3.05, 3.63) is 11.6 Å². The second kappa shape index (κ2) is 6.85.